The molecule has 2 aliphatic heterocycles. The molecule has 47 heavy (non-hydrogen) atoms. The highest BCUT2D eigenvalue weighted by Crippen LogP contribution is 2.47. The normalized spacial score (nSPS) is 20.8. The number of piperidine rings is 1. The van der Waals surface area contributed by atoms with E-state index in [1.807, 2.05) is 73.5 Å². The van der Waals surface area contributed by atoms with Crippen molar-refractivity contribution in [3.63, 3.8) is 0 Å². The number of rotatable bonds is 9. The molecule has 4 aliphatic rings. The van der Waals surface area contributed by atoms with Crippen LogP contribution >= 0.6 is 0 Å². The topological polar surface area (TPSA) is 124 Å². The maximum absolute atomic E-state index is 14.3. The molecule has 2 aliphatic carbocycles. The van der Waals surface area contributed by atoms with E-state index >= 15 is 0 Å². The summed E-state index contributed by atoms with van der Waals surface area (Å²) in [7, 11) is 1.89. The summed E-state index contributed by atoms with van der Waals surface area (Å²) in [5.41, 5.74) is 4.34. The predicted molar refractivity (Wildman–Crippen MR) is 178 cm³/mol. The lowest BCUT2D eigenvalue weighted by Crippen LogP contribution is -2.51. The second-order valence-corrected chi connectivity index (χ2v) is 13.9. The monoisotopic (exact) mass is 634 g/mol. The molecule has 0 radical (unpaired) electrons. The van der Waals surface area contributed by atoms with Gasteiger partial charge in [-0.15, -0.1) is 0 Å². The Morgan fingerprint density at radius 2 is 1.74 bits per heavy atom. The number of carbonyl (C=O) groups is 4. The summed E-state index contributed by atoms with van der Waals surface area (Å²) in [4.78, 5) is 61.8. The van der Waals surface area contributed by atoms with Crippen LogP contribution in [0.15, 0.2) is 60.8 Å². The fourth-order valence-corrected chi connectivity index (χ4v) is 7.60. The Balaban J connectivity index is 1.08. The van der Waals surface area contributed by atoms with Crippen molar-refractivity contribution < 1.29 is 19.2 Å². The van der Waals surface area contributed by atoms with Gasteiger partial charge >= 0.3 is 0 Å². The first-order valence-corrected chi connectivity index (χ1v) is 16.7. The average molecular weight is 635 g/mol. The summed E-state index contributed by atoms with van der Waals surface area (Å²) >= 11 is 0. The van der Waals surface area contributed by atoms with Gasteiger partial charge in [0.25, 0.3) is 0 Å². The first-order valence-electron chi connectivity index (χ1n) is 16.7. The maximum atomic E-state index is 14.3. The molecule has 1 saturated heterocycles. The zero-order valence-electron chi connectivity index (χ0n) is 27.1. The minimum absolute atomic E-state index is 0.0445. The van der Waals surface area contributed by atoms with Crippen molar-refractivity contribution in [2.24, 2.45) is 11.3 Å². The Morgan fingerprint density at radius 1 is 1.00 bits per heavy atom. The van der Waals surface area contributed by atoms with Crippen molar-refractivity contribution >= 4 is 35.1 Å². The molecule has 1 saturated carbocycles. The van der Waals surface area contributed by atoms with Gasteiger partial charge in [-0.2, -0.15) is 0 Å². The third-order valence-corrected chi connectivity index (χ3v) is 10.6. The van der Waals surface area contributed by atoms with Crippen LogP contribution in [0.3, 0.4) is 0 Å². The molecule has 1 atom stereocenters. The van der Waals surface area contributed by atoms with Gasteiger partial charge < -0.3 is 25.8 Å². The van der Waals surface area contributed by atoms with Gasteiger partial charge in [0.2, 0.25) is 23.6 Å². The lowest BCUT2D eigenvalue weighted by atomic mass is 9.78. The Labute approximate surface area is 275 Å². The fraction of sp³-hybridized carbons (Fsp3) is 0.432. The molecule has 3 aromatic rings. The summed E-state index contributed by atoms with van der Waals surface area (Å²) in [5, 5.41) is 9.18. The number of fused-ring (bicyclic) bond motifs is 3. The van der Waals surface area contributed by atoms with Crippen molar-refractivity contribution in [1.82, 2.24) is 20.1 Å². The van der Waals surface area contributed by atoms with Crippen LogP contribution in [0, 0.1) is 11.3 Å². The van der Waals surface area contributed by atoms with Gasteiger partial charge in [0.1, 0.15) is 12.4 Å². The number of carbonyl (C=O) groups excluding carboxylic acids is 4. The van der Waals surface area contributed by atoms with E-state index in [0.717, 1.165) is 40.7 Å². The van der Waals surface area contributed by atoms with Crippen molar-refractivity contribution in [2.45, 2.75) is 64.0 Å². The number of nitrogens with zero attached hydrogens (tertiary/aromatic N) is 3. The van der Waals surface area contributed by atoms with E-state index in [9.17, 15) is 19.2 Å². The van der Waals surface area contributed by atoms with Crippen LogP contribution in [-0.2, 0) is 50.5 Å². The van der Waals surface area contributed by atoms with E-state index in [0.29, 0.717) is 63.4 Å². The van der Waals surface area contributed by atoms with E-state index in [2.05, 4.69) is 20.9 Å². The second kappa shape index (κ2) is 12.2. The van der Waals surface area contributed by atoms with Crippen molar-refractivity contribution in [1.29, 1.82) is 0 Å². The highest BCUT2D eigenvalue weighted by atomic mass is 16.2. The van der Waals surface area contributed by atoms with E-state index in [1.54, 1.807) is 11.1 Å². The minimum Gasteiger partial charge on any atom is -0.342 e. The highest BCUT2D eigenvalue weighted by molar-refractivity contribution is 6.06. The molecule has 1 spiro atoms. The van der Waals surface area contributed by atoms with Crippen LogP contribution in [0.25, 0.3) is 0 Å². The van der Waals surface area contributed by atoms with Crippen LogP contribution in [0.2, 0.25) is 0 Å². The van der Waals surface area contributed by atoms with Gasteiger partial charge in [-0.3, -0.25) is 19.2 Å². The SMILES string of the molecule is CNCc1ccccc1CN(CC(=O)Nc1ccc2c(c1)CC1(C2)C(=O)Nc2ncccc21)C(=O)C1(C)CCN(C(=O)C2CC2)CC1. The van der Waals surface area contributed by atoms with Gasteiger partial charge in [-0.1, -0.05) is 43.3 Å². The number of likely N-dealkylation sites (tertiary alicyclic amines) is 1. The predicted octanol–water partition coefficient (Wildman–Crippen LogP) is 3.80. The molecule has 1 aromatic heterocycles. The van der Waals surface area contributed by atoms with Crippen molar-refractivity contribution in [3.05, 3.63) is 88.6 Å². The summed E-state index contributed by atoms with van der Waals surface area (Å²) in [6.07, 6.45) is 5.86. The van der Waals surface area contributed by atoms with Crippen LogP contribution < -0.4 is 16.0 Å². The molecule has 2 fully saturated rings. The number of anilines is 2. The average Bonchev–Trinajstić information content (AvgIpc) is 3.79. The molecule has 4 amide bonds. The summed E-state index contributed by atoms with van der Waals surface area (Å²) in [5.74, 6) is 0.597. The first-order chi connectivity index (χ1) is 22.7. The summed E-state index contributed by atoms with van der Waals surface area (Å²) in [6.45, 7) is 3.94. The van der Waals surface area contributed by atoms with Gasteiger partial charge in [0.15, 0.2) is 0 Å². The van der Waals surface area contributed by atoms with Crippen molar-refractivity contribution in [2.75, 3.05) is 37.3 Å². The first kappa shape index (κ1) is 31.1. The lowest BCUT2D eigenvalue weighted by Gasteiger charge is -2.41. The largest absolute Gasteiger partial charge is 0.342 e. The van der Waals surface area contributed by atoms with Gasteiger partial charge in [0.05, 0.1) is 5.41 Å². The number of nitrogens with one attached hydrogen (secondary N) is 3. The standard InChI is InChI=1S/C37H42N6O4/c1-36(13-16-42(17-14-36)33(45)24-9-10-24)35(47)43(22-27-7-4-3-6-26(27)21-38-2)23-31(44)40-29-12-11-25-19-37(20-28(25)18-29)30-8-5-15-39-32(30)41-34(37)46/h3-8,11-12,15,18,24,38H,9-10,13-14,16-17,19-23H2,1-2H3,(H,40,44)(H,39,41,46). The Hall–Kier alpha value is -4.57. The van der Waals surface area contributed by atoms with Crippen LogP contribution in [0.4, 0.5) is 11.5 Å². The fourth-order valence-electron chi connectivity index (χ4n) is 7.60. The number of amides is 4. The zero-order valence-corrected chi connectivity index (χ0v) is 27.1. The number of aromatic nitrogens is 1. The van der Waals surface area contributed by atoms with Gasteiger partial charge in [-0.25, -0.2) is 4.98 Å². The number of pyridine rings is 1. The van der Waals surface area contributed by atoms with Crippen LogP contribution in [-0.4, -0.2) is 65.1 Å². The number of hydrogen-bond acceptors (Lipinski definition) is 6. The van der Waals surface area contributed by atoms with Crippen LogP contribution in [0.5, 0.6) is 0 Å². The molecule has 10 nitrogen and oxygen atoms in total. The van der Waals surface area contributed by atoms with E-state index in [4.69, 9.17) is 0 Å². The quantitative estimate of drug-likeness (QED) is 0.329. The highest BCUT2D eigenvalue weighted by Gasteiger charge is 2.51. The molecule has 3 heterocycles. The third kappa shape index (κ3) is 5.91. The molecular formula is C37H42N6O4. The number of hydrogen-bond donors (Lipinski definition) is 3. The van der Waals surface area contributed by atoms with Gasteiger partial charge in [0, 0.05) is 55.0 Å². The van der Waals surface area contributed by atoms with Crippen LogP contribution in [0.1, 0.15) is 60.4 Å². The Bertz CT molecular complexity index is 1740. The molecule has 244 valence electrons. The zero-order chi connectivity index (χ0) is 32.8. The molecule has 1 unspecified atom stereocenters. The molecule has 3 N–H and O–H groups in total. The third-order valence-electron chi connectivity index (χ3n) is 10.6. The van der Waals surface area contributed by atoms with Crippen molar-refractivity contribution in [3.8, 4) is 0 Å². The summed E-state index contributed by atoms with van der Waals surface area (Å²) < 4.78 is 0. The van der Waals surface area contributed by atoms with E-state index in [1.165, 1.54) is 0 Å². The Morgan fingerprint density at radius 3 is 2.49 bits per heavy atom. The summed E-state index contributed by atoms with van der Waals surface area (Å²) in [6, 6.07) is 17.6. The molecule has 7 rings (SSSR count). The van der Waals surface area contributed by atoms with E-state index < -0.39 is 10.8 Å². The van der Waals surface area contributed by atoms with E-state index in [-0.39, 0.29) is 36.1 Å². The second-order valence-electron chi connectivity index (χ2n) is 13.9. The molecule has 0 bridgehead atoms. The minimum atomic E-state index is -0.688. The molecule has 2 aromatic carbocycles. The smallest absolute Gasteiger partial charge is 0.244 e. The molecular weight excluding hydrogens is 592 g/mol. The lowest BCUT2D eigenvalue weighted by molar-refractivity contribution is -0.149. The number of benzene rings is 2. The molecule has 10 heteroatoms. The Kier molecular flexibility index (Phi) is 8.08. The van der Waals surface area contributed by atoms with Gasteiger partial charge in [-0.05, 0) is 86.0 Å². The maximum Gasteiger partial charge on any atom is 0.244 e.